The molecule has 1 heterocycles. The summed E-state index contributed by atoms with van der Waals surface area (Å²) in [5.74, 6) is -0.609. The fourth-order valence-corrected chi connectivity index (χ4v) is 2.07. The molecule has 5 nitrogen and oxygen atoms in total. The molecule has 1 amide bonds. The largest absolute Gasteiger partial charge is 0.347 e. The summed E-state index contributed by atoms with van der Waals surface area (Å²) in [5, 5.41) is 5.64. The number of hydrogen-bond donors (Lipinski definition) is 2. The Bertz CT molecular complexity index is 850. The number of aromatic nitrogens is 2. The van der Waals surface area contributed by atoms with Crippen LogP contribution in [0.2, 0.25) is 0 Å². The molecular formula is C18H14F2N4O. The Morgan fingerprint density at radius 3 is 2.12 bits per heavy atom. The summed E-state index contributed by atoms with van der Waals surface area (Å²) in [4.78, 5) is 20.2. The molecule has 3 rings (SSSR count). The van der Waals surface area contributed by atoms with E-state index in [0.717, 1.165) is 5.56 Å². The predicted molar refractivity (Wildman–Crippen MR) is 89.3 cm³/mol. The van der Waals surface area contributed by atoms with Crippen molar-refractivity contribution in [2.75, 3.05) is 5.32 Å². The highest BCUT2D eigenvalue weighted by Crippen LogP contribution is 2.14. The first-order valence-corrected chi connectivity index (χ1v) is 7.47. The van der Waals surface area contributed by atoms with Gasteiger partial charge >= 0.3 is 0 Å². The van der Waals surface area contributed by atoms with Gasteiger partial charge in [0.05, 0.1) is 12.4 Å². The molecule has 25 heavy (non-hydrogen) atoms. The van der Waals surface area contributed by atoms with E-state index in [0.29, 0.717) is 11.5 Å². The van der Waals surface area contributed by atoms with Gasteiger partial charge in [-0.05, 0) is 42.0 Å². The molecule has 126 valence electrons. The van der Waals surface area contributed by atoms with Gasteiger partial charge in [0.25, 0.3) is 5.91 Å². The number of amides is 1. The summed E-state index contributed by atoms with van der Waals surface area (Å²) in [6, 6.07) is 11.6. The fourth-order valence-electron chi connectivity index (χ4n) is 2.07. The van der Waals surface area contributed by atoms with Gasteiger partial charge in [0.15, 0.2) is 0 Å². The molecule has 3 aromatic rings. The molecule has 0 fully saturated rings. The van der Waals surface area contributed by atoms with Gasteiger partial charge in [-0.3, -0.25) is 4.79 Å². The van der Waals surface area contributed by atoms with Gasteiger partial charge in [-0.2, -0.15) is 0 Å². The minimum absolute atomic E-state index is 0.159. The van der Waals surface area contributed by atoms with E-state index in [1.165, 1.54) is 36.7 Å². The Hall–Kier alpha value is -3.35. The highest BCUT2D eigenvalue weighted by Gasteiger charge is 2.08. The van der Waals surface area contributed by atoms with Crippen molar-refractivity contribution in [1.29, 1.82) is 0 Å². The third kappa shape index (κ3) is 4.57. The van der Waals surface area contributed by atoms with Crippen molar-refractivity contribution in [2.45, 2.75) is 6.54 Å². The summed E-state index contributed by atoms with van der Waals surface area (Å²) >= 11 is 0. The molecule has 7 heteroatoms. The second kappa shape index (κ2) is 7.48. The molecule has 0 saturated carbocycles. The summed E-state index contributed by atoms with van der Waals surface area (Å²) in [7, 11) is 0. The summed E-state index contributed by atoms with van der Waals surface area (Å²) in [6.45, 7) is 0.260. The summed E-state index contributed by atoms with van der Waals surface area (Å²) in [5.41, 5.74) is 1.59. The van der Waals surface area contributed by atoms with Crippen LogP contribution in [0.15, 0.2) is 60.9 Å². The Labute approximate surface area is 142 Å². The van der Waals surface area contributed by atoms with E-state index in [9.17, 15) is 13.6 Å². The molecule has 0 unspecified atom stereocenters. The van der Waals surface area contributed by atoms with E-state index in [-0.39, 0.29) is 29.8 Å². The third-order valence-electron chi connectivity index (χ3n) is 3.37. The van der Waals surface area contributed by atoms with Gasteiger partial charge in [0, 0.05) is 12.2 Å². The summed E-state index contributed by atoms with van der Waals surface area (Å²) in [6.07, 6.45) is 2.75. The molecule has 0 aliphatic rings. The van der Waals surface area contributed by atoms with E-state index in [1.54, 1.807) is 24.3 Å². The molecule has 2 N–H and O–H groups in total. The topological polar surface area (TPSA) is 66.9 Å². The van der Waals surface area contributed by atoms with Crippen LogP contribution in [-0.4, -0.2) is 15.9 Å². The summed E-state index contributed by atoms with van der Waals surface area (Å²) < 4.78 is 25.7. The SMILES string of the molecule is O=C(NCc1ccc(F)cc1)c1cnc(Nc2ccc(F)cc2)cn1. The maximum atomic E-state index is 12.9. The standard InChI is InChI=1S/C18H14F2N4O/c19-13-3-1-12(2-4-13)9-23-18(25)16-10-22-17(11-21-16)24-15-7-5-14(20)6-8-15/h1-8,10-11H,9H2,(H,22,24)(H,23,25). The molecule has 0 atom stereocenters. The first-order chi connectivity index (χ1) is 12.1. The number of rotatable bonds is 5. The lowest BCUT2D eigenvalue weighted by Gasteiger charge is -2.07. The molecule has 0 spiro atoms. The van der Waals surface area contributed by atoms with Gasteiger partial charge in [0.2, 0.25) is 0 Å². The number of halogens is 2. The quantitative estimate of drug-likeness (QED) is 0.747. The second-order valence-corrected chi connectivity index (χ2v) is 5.23. The molecule has 2 aromatic carbocycles. The van der Waals surface area contributed by atoms with E-state index in [4.69, 9.17) is 0 Å². The van der Waals surface area contributed by atoms with E-state index in [1.807, 2.05) is 0 Å². The van der Waals surface area contributed by atoms with Crippen LogP contribution in [0, 0.1) is 11.6 Å². The van der Waals surface area contributed by atoms with E-state index < -0.39 is 0 Å². The van der Waals surface area contributed by atoms with Crippen LogP contribution in [0.25, 0.3) is 0 Å². The van der Waals surface area contributed by atoms with Crippen molar-refractivity contribution in [2.24, 2.45) is 0 Å². The number of benzene rings is 2. The predicted octanol–water partition coefficient (Wildman–Crippen LogP) is 3.43. The first-order valence-electron chi connectivity index (χ1n) is 7.47. The molecule has 0 radical (unpaired) electrons. The van der Waals surface area contributed by atoms with Crippen LogP contribution in [-0.2, 0) is 6.54 Å². The molecule has 0 aliphatic heterocycles. The van der Waals surface area contributed by atoms with Gasteiger partial charge in [-0.15, -0.1) is 0 Å². The van der Waals surface area contributed by atoms with E-state index >= 15 is 0 Å². The minimum Gasteiger partial charge on any atom is -0.347 e. The highest BCUT2D eigenvalue weighted by atomic mass is 19.1. The van der Waals surface area contributed by atoms with Crippen molar-refractivity contribution in [3.63, 3.8) is 0 Å². The van der Waals surface area contributed by atoms with Crippen LogP contribution in [0.4, 0.5) is 20.3 Å². The third-order valence-corrected chi connectivity index (χ3v) is 3.37. The zero-order chi connectivity index (χ0) is 17.6. The van der Waals surface area contributed by atoms with Crippen molar-refractivity contribution in [3.05, 3.63) is 83.8 Å². The number of nitrogens with zero attached hydrogens (tertiary/aromatic N) is 2. The number of carbonyl (C=O) groups excluding carboxylic acids is 1. The van der Waals surface area contributed by atoms with Crippen molar-refractivity contribution < 1.29 is 13.6 Å². The van der Waals surface area contributed by atoms with Gasteiger partial charge < -0.3 is 10.6 Å². The van der Waals surface area contributed by atoms with Crippen LogP contribution in [0.3, 0.4) is 0 Å². The zero-order valence-corrected chi connectivity index (χ0v) is 13.0. The van der Waals surface area contributed by atoms with Crippen LogP contribution in [0.1, 0.15) is 16.1 Å². The smallest absolute Gasteiger partial charge is 0.271 e. The second-order valence-electron chi connectivity index (χ2n) is 5.23. The maximum absolute atomic E-state index is 12.9. The Kier molecular flexibility index (Phi) is 4.94. The van der Waals surface area contributed by atoms with Crippen molar-refractivity contribution >= 4 is 17.4 Å². The average molecular weight is 340 g/mol. The normalized spacial score (nSPS) is 10.3. The Morgan fingerprint density at radius 1 is 0.880 bits per heavy atom. The maximum Gasteiger partial charge on any atom is 0.271 e. The average Bonchev–Trinajstić information content (AvgIpc) is 2.63. The van der Waals surface area contributed by atoms with Gasteiger partial charge in [-0.25, -0.2) is 18.7 Å². The molecule has 0 saturated heterocycles. The lowest BCUT2D eigenvalue weighted by Crippen LogP contribution is -2.24. The Morgan fingerprint density at radius 2 is 1.52 bits per heavy atom. The van der Waals surface area contributed by atoms with Crippen LogP contribution in [0.5, 0.6) is 0 Å². The minimum atomic E-state index is -0.384. The number of nitrogens with one attached hydrogen (secondary N) is 2. The van der Waals surface area contributed by atoms with Crippen molar-refractivity contribution in [3.8, 4) is 0 Å². The number of carbonyl (C=O) groups is 1. The van der Waals surface area contributed by atoms with Crippen molar-refractivity contribution in [1.82, 2.24) is 15.3 Å². The lowest BCUT2D eigenvalue weighted by atomic mass is 10.2. The van der Waals surface area contributed by atoms with E-state index in [2.05, 4.69) is 20.6 Å². The number of anilines is 2. The van der Waals surface area contributed by atoms with Gasteiger partial charge in [0.1, 0.15) is 23.1 Å². The van der Waals surface area contributed by atoms with Crippen LogP contribution < -0.4 is 10.6 Å². The van der Waals surface area contributed by atoms with Crippen LogP contribution >= 0.6 is 0 Å². The zero-order valence-electron chi connectivity index (χ0n) is 13.0. The highest BCUT2D eigenvalue weighted by molar-refractivity contribution is 5.92. The fraction of sp³-hybridized carbons (Fsp3) is 0.0556. The van der Waals surface area contributed by atoms with Gasteiger partial charge in [-0.1, -0.05) is 12.1 Å². The number of hydrogen-bond acceptors (Lipinski definition) is 4. The molecule has 1 aromatic heterocycles. The first kappa shape index (κ1) is 16.5. The molecule has 0 aliphatic carbocycles. The molecule has 0 bridgehead atoms. The Balaban J connectivity index is 1.58. The monoisotopic (exact) mass is 340 g/mol. The molecular weight excluding hydrogens is 326 g/mol. The lowest BCUT2D eigenvalue weighted by molar-refractivity contribution is 0.0945.